The third-order valence-electron chi connectivity index (χ3n) is 2.30. The predicted octanol–water partition coefficient (Wildman–Crippen LogP) is 2.76. The Morgan fingerprint density at radius 3 is 2.47 bits per heavy atom. The van der Waals surface area contributed by atoms with E-state index in [9.17, 15) is 0 Å². The molecule has 0 saturated carbocycles. The van der Waals surface area contributed by atoms with Crippen LogP contribution in [-0.4, -0.2) is 12.6 Å². The van der Waals surface area contributed by atoms with Crippen LogP contribution in [0.25, 0.3) is 0 Å². The van der Waals surface area contributed by atoms with Crippen molar-refractivity contribution in [3.63, 3.8) is 0 Å². The van der Waals surface area contributed by atoms with Gasteiger partial charge in [0, 0.05) is 6.04 Å². The monoisotopic (exact) mass is 207 g/mol. The van der Waals surface area contributed by atoms with Crippen LogP contribution in [0.15, 0.2) is 24.3 Å². The summed E-state index contributed by atoms with van der Waals surface area (Å²) in [5.74, 6) is 0.940. The largest absolute Gasteiger partial charge is 0.494 e. The molecule has 2 N–H and O–H groups in total. The van der Waals surface area contributed by atoms with Crippen LogP contribution in [0.2, 0.25) is 0 Å². The van der Waals surface area contributed by atoms with Gasteiger partial charge in [-0.25, -0.2) is 0 Å². The molecule has 0 aliphatic carbocycles. The first-order chi connectivity index (χ1) is 7.22. The average Bonchev–Trinajstić information content (AvgIpc) is 2.20. The molecule has 2 heteroatoms. The molecule has 0 amide bonds. The van der Waals surface area contributed by atoms with Crippen molar-refractivity contribution in [3.8, 4) is 5.75 Å². The molecule has 0 aliphatic heterocycles. The molecule has 0 saturated heterocycles. The van der Waals surface area contributed by atoms with Crippen LogP contribution < -0.4 is 10.5 Å². The highest BCUT2D eigenvalue weighted by atomic mass is 16.5. The Hall–Kier alpha value is -1.02. The molecule has 1 aromatic carbocycles. The molecular weight excluding hydrogens is 186 g/mol. The van der Waals surface area contributed by atoms with E-state index in [1.54, 1.807) is 0 Å². The fraction of sp³-hybridized carbons (Fsp3) is 0.538. The summed E-state index contributed by atoms with van der Waals surface area (Å²) in [6, 6.07) is 8.54. The second-order valence-corrected chi connectivity index (χ2v) is 4.01. The number of rotatable bonds is 6. The first-order valence-electron chi connectivity index (χ1n) is 5.69. The Morgan fingerprint density at radius 1 is 1.27 bits per heavy atom. The van der Waals surface area contributed by atoms with Crippen LogP contribution in [-0.2, 0) is 6.42 Å². The van der Waals surface area contributed by atoms with E-state index in [1.807, 2.05) is 19.1 Å². The maximum atomic E-state index is 5.64. The molecule has 1 atom stereocenters. The molecular formula is C13H21NO. The van der Waals surface area contributed by atoms with Crippen molar-refractivity contribution in [2.24, 2.45) is 5.73 Å². The minimum absolute atomic E-state index is 0.212. The zero-order chi connectivity index (χ0) is 11.1. The van der Waals surface area contributed by atoms with Crippen molar-refractivity contribution in [1.29, 1.82) is 0 Å². The van der Waals surface area contributed by atoms with E-state index in [0.29, 0.717) is 6.61 Å². The number of hydrogen-bond donors (Lipinski definition) is 1. The van der Waals surface area contributed by atoms with Crippen LogP contribution in [0.3, 0.4) is 0 Å². The maximum Gasteiger partial charge on any atom is 0.119 e. The van der Waals surface area contributed by atoms with Crippen LogP contribution in [0.1, 0.15) is 32.3 Å². The molecule has 1 aromatic rings. The summed E-state index contributed by atoms with van der Waals surface area (Å²) in [6.45, 7) is 4.88. The van der Waals surface area contributed by atoms with Crippen LogP contribution >= 0.6 is 0 Å². The average molecular weight is 207 g/mol. The lowest BCUT2D eigenvalue weighted by Crippen LogP contribution is -2.18. The molecule has 1 rings (SSSR count). The highest BCUT2D eigenvalue weighted by Crippen LogP contribution is 2.13. The highest BCUT2D eigenvalue weighted by molar-refractivity contribution is 5.27. The van der Waals surface area contributed by atoms with Crippen molar-refractivity contribution in [3.05, 3.63) is 29.8 Å². The van der Waals surface area contributed by atoms with E-state index in [-0.39, 0.29) is 6.04 Å². The maximum absolute atomic E-state index is 5.64. The van der Waals surface area contributed by atoms with Gasteiger partial charge >= 0.3 is 0 Å². The van der Waals surface area contributed by atoms with Crippen molar-refractivity contribution >= 4 is 0 Å². The van der Waals surface area contributed by atoms with Gasteiger partial charge in [0.1, 0.15) is 5.75 Å². The molecule has 2 nitrogen and oxygen atoms in total. The molecule has 0 aliphatic rings. The van der Waals surface area contributed by atoms with Gasteiger partial charge in [-0.15, -0.1) is 0 Å². The van der Waals surface area contributed by atoms with Gasteiger partial charge in [-0.3, -0.25) is 0 Å². The second-order valence-electron chi connectivity index (χ2n) is 4.01. The number of nitrogens with two attached hydrogens (primary N) is 1. The van der Waals surface area contributed by atoms with Crippen LogP contribution in [0, 0.1) is 0 Å². The van der Waals surface area contributed by atoms with Gasteiger partial charge in [0.2, 0.25) is 0 Å². The van der Waals surface area contributed by atoms with Gasteiger partial charge in [-0.2, -0.15) is 0 Å². The quantitative estimate of drug-likeness (QED) is 0.778. The fourth-order valence-corrected chi connectivity index (χ4v) is 1.40. The lowest BCUT2D eigenvalue weighted by atomic mass is 10.1. The first kappa shape index (κ1) is 12.1. The molecule has 0 heterocycles. The normalized spacial score (nSPS) is 12.5. The summed E-state index contributed by atoms with van der Waals surface area (Å²) in [6.07, 6.45) is 3.22. The molecule has 0 fully saturated rings. The molecule has 84 valence electrons. The fourth-order valence-electron chi connectivity index (χ4n) is 1.40. The smallest absolute Gasteiger partial charge is 0.119 e. The Morgan fingerprint density at radius 2 is 1.93 bits per heavy atom. The van der Waals surface area contributed by atoms with E-state index < -0.39 is 0 Å². The summed E-state index contributed by atoms with van der Waals surface area (Å²) >= 11 is 0. The minimum atomic E-state index is 0.212. The molecule has 0 spiro atoms. The molecule has 0 radical (unpaired) electrons. The molecule has 15 heavy (non-hydrogen) atoms. The number of ether oxygens (including phenoxy) is 1. The van der Waals surface area contributed by atoms with E-state index in [0.717, 1.165) is 18.6 Å². The van der Waals surface area contributed by atoms with Gasteiger partial charge < -0.3 is 10.5 Å². The first-order valence-corrected chi connectivity index (χ1v) is 5.69. The topological polar surface area (TPSA) is 35.2 Å². The number of aryl methyl sites for hydroxylation is 1. The summed E-state index contributed by atoms with van der Waals surface area (Å²) < 4.78 is 5.57. The van der Waals surface area contributed by atoms with Crippen molar-refractivity contribution in [1.82, 2.24) is 0 Å². The summed E-state index contributed by atoms with van der Waals surface area (Å²) in [5, 5.41) is 0. The van der Waals surface area contributed by atoms with Crippen molar-refractivity contribution < 1.29 is 4.74 Å². The molecule has 1 unspecified atom stereocenters. The third kappa shape index (κ3) is 4.84. The predicted molar refractivity (Wildman–Crippen MR) is 64.2 cm³/mol. The highest BCUT2D eigenvalue weighted by Gasteiger charge is 1.97. The van der Waals surface area contributed by atoms with Crippen molar-refractivity contribution in [2.75, 3.05) is 6.61 Å². The van der Waals surface area contributed by atoms with Gasteiger partial charge in [0.05, 0.1) is 6.61 Å². The lowest BCUT2D eigenvalue weighted by molar-refractivity contribution is 0.301. The Bertz CT molecular complexity index is 266. The van der Waals surface area contributed by atoms with Gasteiger partial charge in [0.15, 0.2) is 0 Å². The molecule has 0 aromatic heterocycles. The number of hydrogen-bond acceptors (Lipinski definition) is 2. The van der Waals surface area contributed by atoms with E-state index in [4.69, 9.17) is 10.5 Å². The Kier molecular flexibility index (Phi) is 5.19. The Labute approximate surface area is 92.4 Å². The summed E-state index contributed by atoms with van der Waals surface area (Å²) in [5.41, 5.74) is 7.01. The van der Waals surface area contributed by atoms with Gasteiger partial charge in [0.25, 0.3) is 0 Å². The van der Waals surface area contributed by atoms with E-state index >= 15 is 0 Å². The summed E-state index contributed by atoms with van der Waals surface area (Å²) in [7, 11) is 0. The number of benzene rings is 1. The second kappa shape index (κ2) is 6.46. The Balaban J connectivity index is 2.36. The zero-order valence-corrected chi connectivity index (χ0v) is 9.70. The molecule has 0 bridgehead atoms. The third-order valence-corrected chi connectivity index (χ3v) is 2.30. The van der Waals surface area contributed by atoms with Gasteiger partial charge in [-0.1, -0.05) is 25.5 Å². The van der Waals surface area contributed by atoms with Crippen LogP contribution in [0.4, 0.5) is 0 Å². The van der Waals surface area contributed by atoms with E-state index in [1.165, 1.54) is 12.0 Å². The SMILES string of the molecule is CCCc1ccc(OCCC(C)N)cc1. The van der Waals surface area contributed by atoms with Crippen LogP contribution in [0.5, 0.6) is 5.75 Å². The van der Waals surface area contributed by atoms with Gasteiger partial charge in [-0.05, 0) is 37.5 Å². The minimum Gasteiger partial charge on any atom is -0.494 e. The zero-order valence-electron chi connectivity index (χ0n) is 9.70. The van der Waals surface area contributed by atoms with Crippen molar-refractivity contribution in [2.45, 2.75) is 39.2 Å². The lowest BCUT2D eigenvalue weighted by Gasteiger charge is -2.08. The standard InChI is InChI=1S/C13H21NO/c1-3-4-12-5-7-13(8-6-12)15-10-9-11(2)14/h5-8,11H,3-4,9-10,14H2,1-2H3. The van der Waals surface area contributed by atoms with E-state index in [2.05, 4.69) is 19.1 Å². The summed E-state index contributed by atoms with van der Waals surface area (Å²) in [4.78, 5) is 0.